The zero-order valence-corrected chi connectivity index (χ0v) is 45.5. The van der Waals surface area contributed by atoms with Crippen LogP contribution in [0.5, 0.6) is 0 Å². The topological polar surface area (TPSA) is 105 Å². The number of unbranched alkanes of at least 4 members (excludes halogenated alkanes) is 12. The highest BCUT2D eigenvalue weighted by molar-refractivity contribution is 5.69. The molecule has 0 radical (unpaired) electrons. The molecule has 0 aromatic heterocycles. The fraction of sp³-hybridized carbons (Fsp3) is 0.754. The van der Waals surface area contributed by atoms with Crippen LogP contribution in [-0.2, 0) is 19.0 Å². The minimum Gasteiger partial charge on any atom is -0.463 e. The number of allylic oxidation sites excluding steroid dienone is 14. The van der Waals surface area contributed by atoms with Gasteiger partial charge in [-0.3, -0.25) is 4.79 Å². The Morgan fingerprint density at radius 2 is 1.41 bits per heavy atom. The van der Waals surface area contributed by atoms with E-state index in [1.165, 1.54) is 119 Å². The lowest BCUT2D eigenvalue weighted by molar-refractivity contribution is -0.324. The lowest BCUT2D eigenvalue weighted by atomic mass is 9.73. The Morgan fingerprint density at radius 1 is 0.794 bits per heavy atom. The highest BCUT2D eigenvalue weighted by atomic mass is 16.7. The Labute approximate surface area is 418 Å². The first-order valence-corrected chi connectivity index (χ1v) is 27.6. The van der Waals surface area contributed by atoms with Crippen LogP contribution in [-0.4, -0.2) is 64.2 Å². The molecule has 1 saturated heterocycles. The van der Waals surface area contributed by atoms with Crippen LogP contribution in [0.25, 0.3) is 0 Å². The molecule has 0 aromatic rings. The first kappa shape index (κ1) is 61.6. The summed E-state index contributed by atoms with van der Waals surface area (Å²) in [4.78, 5) is 12.5. The van der Waals surface area contributed by atoms with Crippen LogP contribution in [0, 0.1) is 23.2 Å². The van der Waals surface area contributed by atoms with Crippen molar-refractivity contribution in [1.29, 1.82) is 0 Å². The highest BCUT2D eigenvalue weighted by Gasteiger charge is 2.46. The average molecular weight is 949 g/mol. The van der Waals surface area contributed by atoms with Gasteiger partial charge in [-0.05, 0) is 122 Å². The molecule has 0 saturated carbocycles. The number of hydrogen-bond donors (Lipinski definition) is 3. The van der Waals surface area contributed by atoms with Crippen molar-refractivity contribution < 1.29 is 34.3 Å². The maximum absolute atomic E-state index is 12.5. The average Bonchev–Trinajstić information content (AvgIpc) is 3.27. The molecular weight excluding hydrogens is 845 g/mol. The highest BCUT2D eigenvalue weighted by Crippen LogP contribution is 2.40. The summed E-state index contributed by atoms with van der Waals surface area (Å²) in [5.74, 6) is 1.57. The summed E-state index contributed by atoms with van der Waals surface area (Å²) in [7, 11) is 0. The third-order valence-electron chi connectivity index (χ3n) is 14.4. The van der Waals surface area contributed by atoms with Gasteiger partial charge >= 0.3 is 5.97 Å². The molecule has 1 fully saturated rings. The summed E-state index contributed by atoms with van der Waals surface area (Å²) >= 11 is 0. The smallest absolute Gasteiger partial charge is 0.305 e. The van der Waals surface area contributed by atoms with Crippen LogP contribution in [0.4, 0.5) is 0 Å². The van der Waals surface area contributed by atoms with Crippen LogP contribution in [0.2, 0.25) is 0 Å². The zero-order valence-electron chi connectivity index (χ0n) is 45.5. The van der Waals surface area contributed by atoms with Crippen LogP contribution in [0.3, 0.4) is 0 Å². The Bertz CT molecular complexity index is 1590. The standard InChI is InChI=1S/C61H104O7/c1-12-13-14-15-16-17-18-19-20-21-22-23-41-55(62)66-46-54-56(63)57(64)58(65)59(67-54)68-61(10,11)45-29-39-50(5)37-27-36-49(4)35-26-33-47(2)31-24-25-32-48(3)34-28-38-51(6)42-43-53-52(7)40-30-44-60(53,8)9/h26-28,30,33-37,40,47-48,51,54,56-59,63-65H,12-25,29,31-32,38-39,41-46H2,1-11H3/b33-26+,34-28+,36-27+,49-35+,50-37+/t47?,48?,51?,54-,56-,57+,58-,59-/m1/s1. The molecule has 8 atom stereocenters. The number of rotatable bonds is 36. The largest absolute Gasteiger partial charge is 0.463 e. The van der Waals surface area contributed by atoms with Crippen molar-refractivity contribution in [3.8, 4) is 0 Å². The Morgan fingerprint density at radius 3 is 2.04 bits per heavy atom. The summed E-state index contributed by atoms with van der Waals surface area (Å²) in [6, 6.07) is 0. The van der Waals surface area contributed by atoms with Crippen molar-refractivity contribution in [1.82, 2.24) is 0 Å². The van der Waals surface area contributed by atoms with Gasteiger partial charge in [0.25, 0.3) is 0 Å². The number of hydrogen-bond acceptors (Lipinski definition) is 7. The summed E-state index contributed by atoms with van der Waals surface area (Å²) < 4.78 is 17.5. The maximum atomic E-state index is 12.5. The van der Waals surface area contributed by atoms with Crippen molar-refractivity contribution in [2.75, 3.05) is 6.61 Å². The second-order valence-electron chi connectivity index (χ2n) is 22.4. The van der Waals surface area contributed by atoms with Gasteiger partial charge in [0.05, 0.1) is 5.60 Å². The van der Waals surface area contributed by atoms with Gasteiger partial charge in [-0.1, -0.05) is 208 Å². The van der Waals surface area contributed by atoms with E-state index in [-0.39, 0.29) is 12.6 Å². The second-order valence-corrected chi connectivity index (χ2v) is 22.4. The maximum Gasteiger partial charge on any atom is 0.305 e. The second kappa shape index (κ2) is 34.7. The molecule has 2 rings (SSSR count). The van der Waals surface area contributed by atoms with Crippen molar-refractivity contribution in [2.24, 2.45) is 23.2 Å². The Hall–Kier alpha value is -2.55. The lowest BCUT2D eigenvalue weighted by Gasteiger charge is -2.42. The fourth-order valence-corrected chi connectivity index (χ4v) is 9.58. The number of esters is 1. The molecule has 3 N–H and O–H groups in total. The molecule has 7 nitrogen and oxygen atoms in total. The molecule has 3 unspecified atom stereocenters. The van der Waals surface area contributed by atoms with Crippen molar-refractivity contribution >= 4 is 5.97 Å². The van der Waals surface area contributed by atoms with Crippen molar-refractivity contribution in [3.63, 3.8) is 0 Å². The normalized spacial score (nSPS) is 23.1. The van der Waals surface area contributed by atoms with Crippen molar-refractivity contribution in [2.45, 2.75) is 267 Å². The molecule has 68 heavy (non-hydrogen) atoms. The molecule has 1 aliphatic carbocycles. The first-order valence-electron chi connectivity index (χ1n) is 27.6. The van der Waals surface area contributed by atoms with Gasteiger partial charge in [0.1, 0.15) is 31.0 Å². The van der Waals surface area contributed by atoms with Crippen LogP contribution in [0.15, 0.2) is 83.1 Å². The van der Waals surface area contributed by atoms with E-state index in [1.54, 1.807) is 5.57 Å². The van der Waals surface area contributed by atoms with Gasteiger partial charge in [-0.2, -0.15) is 0 Å². The van der Waals surface area contributed by atoms with Gasteiger partial charge < -0.3 is 29.5 Å². The lowest BCUT2D eigenvalue weighted by Crippen LogP contribution is -2.60. The molecule has 0 bridgehead atoms. The number of aliphatic hydroxyl groups excluding tert-OH is 3. The summed E-state index contributed by atoms with van der Waals surface area (Å²) in [5, 5.41) is 32.0. The van der Waals surface area contributed by atoms with Crippen LogP contribution < -0.4 is 0 Å². The van der Waals surface area contributed by atoms with E-state index in [9.17, 15) is 20.1 Å². The molecule has 7 heteroatoms. The SMILES string of the molecule is CCCCCCCCCCCCCCC(=O)OC[C@H]1O[C@H](OC(C)(C)CCC/C(C)=C/C=C/C(C)=C/C=C/C(C)CCCCC(C)/C=C/CC(C)CCC2=C(C)C=CCC2(C)C)[C@H](O)[C@@H](O)[C@@H]1O. The summed E-state index contributed by atoms with van der Waals surface area (Å²) in [5.41, 5.74) is 5.24. The monoisotopic (exact) mass is 949 g/mol. The predicted molar refractivity (Wildman–Crippen MR) is 287 cm³/mol. The van der Waals surface area contributed by atoms with Gasteiger partial charge in [-0.15, -0.1) is 0 Å². The summed E-state index contributed by atoms with van der Waals surface area (Å²) in [6.07, 6.45) is 43.4. The van der Waals surface area contributed by atoms with E-state index >= 15 is 0 Å². The van der Waals surface area contributed by atoms with Gasteiger partial charge in [0, 0.05) is 6.42 Å². The van der Waals surface area contributed by atoms with E-state index in [1.807, 2.05) is 13.8 Å². The molecule has 0 spiro atoms. The quantitative estimate of drug-likeness (QED) is 0.0249. The van der Waals surface area contributed by atoms with E-state index in [0.29, 0.717) is 30.1 Å². The Kier molecular flexibility index (Phi) is 31.4. The van der Waals surface area contributed by atoms with E-state index in [2.05, 4.69) is 123 Å². The van der Waals surface area contributed by atoms with Crippen LogP contribution in [0.1, 0.15) is 230 Å². The minimum absolute atomic E-state index is 0.210. The third kappa shape index (κ3) is 27.2. The van der Waals surface area contributed by atoms with E-state index < -0.39 is 36.3 Å². The third-order valence-corrected chi connectivity index (χ3v) is 14.4. The van der Waals surface area contributed by atoms with Crippen LogP contribution >= 0.6 is 0 Å². The molecule has 1 heterocycles. The van der Waals surface area contributed by atoms with Gasteiger partial charge in [0.15, 0.2) is 6.29 Å². The molecule has 2 aliphatic rings. The fourth-order valence-electron chi connectivity index (χ4n) is 9.58. The summed E-state index contributed by atoms with van der Waals surface area (Å²) in [6.45, 7) is 24.3. The molecular formula is C61H104O7. The predicted octanol–water partition coefficient (Wildman–Crippen LogP) is 15.9. The molecule has 0 aromatic carbocycles. The van der Waals surface area contributed by atoms with E-state index in [0.717, 1.165) is 44.4 Å². The van der Waals surface area contributed by atoms with Gasteiger partial charge in [-0.25, -0.2) is 0 Å². The molecule has 0 amide bonds. The first-order chi connectivity index (χ1) is 32.3. The Balaban J connectivity index is 1.62. The molecule has 1 aliphatic heterocycles. The number of carbonyl (C=O) groups is 1. The minimum atomic E-state index is -1.48. The number of aliphatic hydroxyl groups is 3. The van der Waals surface area contributed by atoms with Gasteiger partial charge in [0.2, 0.25) is 0 Å². The van der Waals surface area contributed by atoms with E-state index in [4.69, 9.17) is 14.2 Å². The van der Waals surface area contributed by atoms with Crippen molar-refractivity contribution in [3.05, 3.63) is 83.1 Å². The number of carbonyl (C=O) groups excluding carboxylic acids is 1. The zero-order chi connectivity index (χ0) is 50.4. The molecule has 390 valence electrons. The number of ether oxygens (including phenoxy) is 3.